The van der Waals surface area contributed by atoms with Crippen molar-refractivity contribution in [2.75, 3.05) is 19.5 Å². The minimum Gasteiger partial charge on any atom is -0.495 e. The van der Waals surface area contributed by atoms with E-state index in [4.69, 9.17) is 10.00 Å². The highest BCUT2D eigenvalue weighted by Gasteiger charge is 2.06. The van der Waals surface area contributed by atoms with Gasteiger partial charge in [-0.15, -0.1) is 0 Å². The third-order valence-corrected chi connectivity index (χ3v) is 2.88. The average Bonchev–Trinajstić information content (AvgIpc) is 2.49. The third-order valence-electron chi connectivity index (χ3n) is 2.88. The zero-order chi connectivity index (χ0) is 14.5. The first-order valence-electron chi connectivity index (χ1n) is 6.00. The molecule has 0 bridgehead atoms. The number of benzene rings is 1. The van der Waals surface area contributed by atoms with Gasteiger partial charge in [0.05, 0.1) is 31.1 Å². The maximum atomic E-state index is 11.9. The molecular formula is C14H14N4O2. The molecule has 0 saturated heterocycles. The van der Waals surface area contributed by atoms with Crippen molar-refractivity contribution in [2.24, 2.45) is 0 Å². The number of nitriles is 1. The van der Waals surface area contributed by atoms with Crippen LogP contribution in [0, 0.1) is 11.3 Å². The minimum absolute atomic E-state index is 0.194. The van der Waals surface area contributed by atoms with Gasteiger partial charge in [-0.25, -0.2) is 4.68 Å². The fourth-order valence-electron chi connectivity index (χ4n) is 1.79. The molecule has 0 amide bonds. The van der Waals surface area contributed by atoms with E-state index in [9.17, 15) is 4.79 Å². The molecule has 1 aromatic carbocycles. The van der Waals surface area contributed by atoms with E-state index >= 15 is 0 Å². The lowest BCUT2D eigenvalue weighted by molar-refractivity contribution is 0.412. The van der Waals surface area contributed by atoms with Gasteiger partial charge in [0.25, 0.3) is 5.56 Å². The first-order valence-corrected chi connectivity index (χ1v) is 6.00. The van der Waals surface area contributed by atoms with E-state index in [1.54, 1.807) is 31.4 Å². The molecule has 2 rings (SSSR count). The molecule has 0 spiro atoms. The van der Waals surface area contributed by atoms with Crippen molar-refractivity contribution in [3.05, 3.63) is 51.9 Å². The maximum Gasteiger partial charge on any atom is 0.269 e. The van der Waals surface area contributed by atoms with E-state index in [1.165, 1.54) is 17.9 Å². The number of nitrogens with zero attached hydrogens (tertiary/aromatic N) is 3. The molecule has 0 aliphatic heterocycles. The summed E-state index contributed by atoms with van der Waals surface area (Å²) < 4.78 is 6.49. The van der Waals surface area contributed by atoms with Crippen LogP contribution in [-0.4, -0.2) is 23.9 Å². The Kier molecular flexibility index (Phi) is 4.01. The first kappa shape index (κ1) is 13.6. The molecule has 2 aromatic rings. The summed E-state index contributed by atoms with van der Waals surface area (Å²) >= 11 is 0. The van der Waals surface area contributed by atoms with Crippen molar-refractivity contribution in [1.82, 2.24) is 9.78 Å². The van der Waals surface area contributed by atoms with Crippen LogP contribution in [0.15, 0.2) is 35.3 Å². The standard InChI is InChI=1S/C14H14N4O2/c1-16-12-6-14(19)18(17-8-12)9-10-3-4-11(7-15)13(5-10)20-2/h3-6,8,16H,9H2,1-2H3. The molecule has 1 aromatic heterocycles. The molecule has 0 aliphatic rings. The molecule has 1 heterocycles. The Bertz CT molecular complexity index is 716. The summed E-state index contributed by atoms with van der Waals surface area (Å²) in [7, 11) is 3.23. The molecule has 20 heavy (non-hydrogen) atoms. The van der Waals surface area contributed by atoms with Gasteiger partial charge in [-0.3, -0.25) is 4.79 Å². The Morgan fingerprint density at radius 2 is 2.25 bits per heavy atom. The molecule has 102 valence electrons. The normalized spacial score (nSPS) is 9.85. The quantitative estimate of drug-likeness (QED) is 0.903. The highest BCUT2D eigenvalue weighted by atomic mass is 16.5. The molecule has 0 saturated carbocycles. The monoisotopic (exact) mass is 270 g/mol. The van der Waals surface area contributed by atoms with E-state index in [-0.39, 0.29) is 5.56 Å². The van der Waals surface area contributed by atoms with Gasteiger partial charge in [0.2, 0.25) is 0 Å². The van der Waals surface area contributed by atoms with Crippen LogP contribution in [0.25, 0.3) is 0 Å². The second-order valence-corrected chi connectivity index (χ2v) is 4.14. The molecule has 0 aliphatic carbocycles. The zero-order valence-electron chi connectivity index (χ0n) is 11.3. The highest BCUT2D eigenvalue weighted by Crippen LogP contribution is 2.19. The van der Waals surface area contributed by atoms with Crippen molar-refractivity contribution < 1.29 is 4.74 Å². The Morgan fingerprint density at radius 1 is 1.45 bits per heavy atom. The predicted molar refractivity (Wildman–Crippen MR) is 74.9 cm³/mol. The minimum atomic E-state index is -0.194. The van der Waals surface area contributed by atoms with Gasteiger partial charge in [-0.05, 0) is 17.7 Å². The van der Waals surface area contributed by atoms with Crippen LogP contribution in [0.4, 0.5) is 5.69 Å². The summed E-state index contributed by atoms with van der Waals surface area (Å²) in [5, 5.41) is 15.9. The SMILES string of the molecule is CNc1cnn(Cc2ccc(C#N)c(OC)c2)c(=O)c1. The number of nitrogens with one attached hydrogen (secondary N) is 1. The van der Waals surface area contributed by atoms with Gasteiger partial charge >= 0.3 is 0 Å². The number of hydrogen-bond acceptors (Lipinski definition) is 5. The summed E-state index contributed by atoms with van der Waals surface area (Å²) in [5.41, 5.74) is 1.78. The van der Waals surface area contributed by atoms with E-state index in [1.807, 2.05) is 6.07 Å². The van der Waals surface area contributed by atoms with Crippen LogP contribution in [0.3, 0.4) is 0 Å². The lowest BCUT2D eigenvalue weighted by Gasteiger charge is -2.08. The van der Waals surface area contributed by atoms with Gasteiger partial charge < -0.3 is 10.1 Å². The smallest absolute Gasteiger partial charge is 0.269 e. The van der Waals surface area contributed by atoms with E-state index < -0.39 is 0 Å². The first-order chi connectivity index (χ1) is 9.67. The molecule has 0 unspecified atom stereocenters. The summed E-state index contributed by atoms with van der Waals surface area (Å²) in [6, 6.07) is 8.71. The lowest BCUT2D eigenvalue weighted by atomic mass is 10.1. The van der Waals surface area contributed by atoms with Crippen LogP contribution < -0.4 is 15.6 Å². The molecular weight excluding hydrogens is 256 g/mol. The summed E-state index contributed by atoms with van der Waals surface area (Å²) in [6.07, 6.45) is 1.59. The summed E-state index contributed by atoms with van der Waals surface area (Å²) in [5.74, 6) is 0.491. The zero-order valence-corrected chi connectivity index (χ0v) is 11.3. The Morgan fingerprint density at radius 3 is 2.85 bits per heavy atom. The van der Waals surface area contributed by atoms with Gasteiger partial charge in [0, 0.05) is 13.1 Å². The van der Waals surface area contributed by atoms with Crippen LogP contribution in [-0.2, 0) is 6.54 Å². The number of methoxy groups -OCH3 is 1. The van der Waals surface area contributed by atoms with Gasteiger partial charge in [-0.2, -0.15) is 10.4 Å². The van der Waals surface area contributed by atoms with Gasteiger partial charge in [0.15, 0.2) is 0 Å². The second-order valence-electron chi connectivity index (χ2n) is 4.14. The van der Waals surface area contributed by atoms with E-state index in [2.05, 4.69) is 10.4 Å². The molecule has 0 atom stereocenters. The predicted octanol–water partition coefficient (Wildman–Crippen LogP) is 1.21. The molecule has 0 fully saturated rings. The number of anilines is 1. The maximum absolute atomic E-state index is 11.9. The van der Waals surface area contributed by atoms with Crippen molar-refractivity contribution in [3.8, 4) is 11.8 Å². The van der Waals surface area contributed by atoms with Crippen LogP contribution in [0.5, 0.6) is 5.75 Å². The number of ether oxygens (including phenoxy) is 1. The van der Waals surface area contributed by atoms with Gasteiger partial charge in [-0.1, -0.05) is 6.07 Å². The fraction of sp³-hybridized carbons (Fsp3) is 0.214. The highest BCUT2D eigenvalue weighted by molar-refractivity contribution is 5.45. The molecule has 1 N–H and O–H groups in total. The van der Waals surface area contributed by atoms with Crippen molar-refractivity contribution >= 4 is 5.69 Å². The summed E-state index contributed by atoms with van der Waals surface area (Å²) in [6.45, 7) is 0.324. The molecule has 6 nitrogen and oxygen atoms in total. The van der Waals surface area contributed by atoms with Crippen LogP contribution in [0.2, 0.25) is 0 Å². The van der Waals surface area contributed by atoms with Crippen molar-refractivity contribution in [2.45, 2.75) is 6.54 Å². The van der Waals surface area contributed by atoms with Crippen LogP contribution in [0.1, 0.15) is 11.1 Å². The largest absolute Gasteiger partial charge is 0.495 e. The average molecular weight is 270 g/mol. The number of hydrogen-bond donors (Lipinski definition) is 1. The number of aromatic nitrogens is 2. The Balaban J connectivity index is 2.31. The third kappa shape index (κ3) is 2.78. The lowest BCUT2D eigenvalue weighted by Crippen LogP contribution is -2.22. The van der Waals surface area contributed by atoms with Crippen molar-refractivity contribution in [3.63, 3.8) is 0 Å². The van der Waals surface area contributed by atoms with E-state index in [0.717, 1.165) is 5.56 Å². The Labute approximate surface area is 116 Å². The second kappa shape index (κ2) is 5.89. The molecule has 0 radical (unpaired) electrons. The summed E-state index contributed by atoms with van der Waals surface area (Å²) in [4.78, 5) is 11.9. The van der Waals surface area contributed by atoms with E-state index in [0.29, 0.717) is 23.5 Å². The van der Waals surface area contributed by atoms with Gasteiger partial charge in [0.1, 0.15) is 11.8 Å². The van der Waals surface area contributed by atoms with Crippen molar-refractivity contribution in [1.29, 1.82) is 5.26 Å². The fourth-order valence-corrected chi connectivity index (χ4v) is 1.79. The van der Waals surface area contributed by atoms with Crippen LogP contribution >= 0.6 is 0 Å². The number of rotatable bonds is 4. The Hall–Kier alpha value is -2.81. The topological polar surface area (TPSA) is 79.9 Å². The molecule has 6 heteroatoms.